The van der Waals surface area contributed by atoms with Gasteiger partial charge >= 0.3 is 0 Å². The van der Waals surface area contributed by atoms with E-state index in [1.54, 1.807) is 11.1 Å². The number of allylic oxidation sites excluding steroid dienone is 4. The first-order chi connectivity index (χ1) is 22.1. The van der Waals surface area contributed by atoms with Crippen LogP contribution in [0.4, 0.5) is 0 Å². The van der Waals surface area contributed by atoms with Crippen LogP contribution in [0.25, 0.3) is 6.08 Å². The number of aromatic nitrogens is 1. The van der Waals surface area contributed by atoms with Crippen LogP contribution in [-0.2, 0) is 12.8 Å². The molecule has 5 heteroatoms. The standard InChI is InChI=1S/C40H36N4S/c1-40(2)24-23-33-36(40)29-21-22-31-35(34(29)28-18-10-12-20-32(28)45-33)27-17-9-11-19-30(27)44(31)39-42-37(25-13-5-3-6-14-25)41-38(43-39)26-15-7-4-8-16-26/h3-8,10-16,18-20,23-24,29,34,39H,9,17,21-22H2,1-2H3,(H,41,42,43). The van der Waals surface area contributed by atoms with Crippen LogP contribution in [0, 0.1) is 11.3 Å². The topological polar surface area (TPSA) is 41.7 Å². The van der Waals surface area contributed by atoms with Gasteiger partial charge in [0.1, 0.15) is 11.7 Å². The molecule has 2 atom stereocenters. The fourth-order valence-corrected chi connectivity index (χ4v) is 9.70. The predicted octanol–water partition coefficient (Wildman–Crippen LogP) is 9.05. The number of benzene rings is 3. The van der Waals surface area contributed by atoms with Crippen molar-refractivity contribution in [3.8, 4) is 0 Å². The highest BCUT2D eigenvalue weighted by atomic mass is 32.2. The SMILES string of the molecule is CC1(C)C=CC2=C1C1CCc3c(c4c(n3C3N=C(c5ccccc5)NC(c5ccccc5)=N3)C=CCC4)C1c1ccccc1S2. The van der Waals surface area contributed by atoms with Crippen molar-refractivity contribution in [3.05, 3.63) is 153 Å². The molecular weight excluding hydrogens is 569 g/mol. The van der Waals surface area contributed by atoms with Gasteiger partial charge in [-0.05, 0) is 66.0 Å². The van der Waals surface area contributed by atoms with E-state index in [1.807, 2.05) is 11.8 Å². The van der Waals surface area contributed by atoms with Gasteiger partial charge in [0, 0.05) is 43.6 Å². The first-order valence-electron chi connectivity index (χ1n) is 16.2. The number of nitrogens with one attached hydrogen (secondary N) is 1. The van der Waals surface area contributed by atoms with Gasteiger partial charge in [0.25, 0.3) is 0 Å². The van der Waals surface area contributed by atoms with Crippen LogP contribution >= 0.6 is 11.8 Å². The Hall–Kier alpha value is -4.35. The van der Waals surface area contributed by atoms with Crippen molar-refractivity contribution in [3.63, 3.8) is 0 Å². The average molecular weight is 605 g/mol. The second-order valence-electron chi connectivity index (χ2n) is 13.3. The second-order valence-corrected chi connectivity index (χ2v) is 14.4. The van der Waals surface area contributed by atoms with Gasteiger partial charge in [-0.25, -0.2) is 9.98 Å². The van der Waals surface area contributed by atoms with E-state index in [1.165, 1.54) is 32.3 Å². The lowest BCUT2D eigenvalue weighted by molar-refractivity contribution is 0.385. The molecule has 222 valence electrons. The van der Waals surface area contributed by atoms with Crippen molar-refractivity contribution < 1.29 is 0 Å². The number of fused-ring (bicyclic) bond motifs is 8. The van der Waals surface area contributed by atoms with Crippen molar-refractivity contribution in [2.75, 3.05) is 0 Å². The molecule has 0 bridgehead atoms. The molecule has 9 rings (SSSR count). The highest BCUT2D eigenvalue weighted by Gasteiger charge is 2.46. The lowest BCUT2D eigenvalue weighted by Gasteiger charge is -2.39. The van der Waals surface area contributed by atoms with Crippen LogP contribution in [0.1, 0.15) is 78.1 Å². The van der Waals surface area contributed by atoms with Crippen LogP contribution in [-0.4, -0.2) is 16.2 Å². The van der Waals surface area contributed by atoms with Gasteiger partial charge in [-0.15, -0.1) is 0 Å². The molecule has 0 radical (unpaired) electrons. The molecule has 3 heterocycles. The fourth-order valence-electron chi connectivity index (χ4n) is 8.35. The van der Waals surface area contributed by atoms with E-state index < -0.39 is 0 Å². The molecule has 5 aliphatic rings. The third-order valence-corrected chi connectivity index (χ3v) is 11.4. The zero-order chi connectivity index (χ0) is 30.1. The number of nitrogens with zero attached hydrogens (tertiary/aromatic N) is 3. The summed E-state index contributed by atoms with van der Waals surface area (Å²) in [4.78, 5) is 13.6. The average Bonchev–Trinajstić information content (AvgIpc) is 3.52. The minimum atomic E-state index is -0.386. The smallest absolute Gasteiger partial charge is 0.224 e. The molecule has 3 aromatic carbocycles. The molecule has 0 saturated heterocycles. The minimum Gasteiger partial charge on any atom is -0.324 e. The van der Waals surface area contributed by atoms with Gasteiger partial charge in [-0.2, -0.15) is 0 Å². The van der Waals surface area contributed by atoms with E-state index in [2.05, 4.69) is 133 Å². The van der Waals surface area contributed by atoms with E-state index in [0.717, 1.165) is 48.5 Å². The highest BCUT2D eigenvalue weighted by molar-refractivity contribution is 8.03. The first kappa shape index (κ1) is 27.0. The largest absolute Gasteiger partial charge is 0.324 e. The summed E-state index contributed by atoms with van der Waals surface area (Å²) in [6.45, 7) is 4.82. The van der Waals surface area contributed by atoms with Crippen LogP contribution in [0.5, 0.6) is 0 Å². The van der Waals surface area contributed by atoms with Crippen molar-refractivity contribution in [1.29, 1.82) is 0 Å². The molecule has 2 unspecified atom stereocenters. The maximum Gasteiger partial charge on any atom is 0.224 e. The summed E-state index contributed by atoms with van der Waals surface area (Å²) in [6.07, 6.45) is 13.4. The first-order valence-corrected chi connectivity index (χ1v) is 17.0. The summed E-state index contributed by atoms with van der Waals surface area (Å²) in [5, 5.41) is 3.59. The molecule has 1 aromatic heterocycles. The second kappa shape index (κ2) is 10.3. The summed E-state index contributed by atoms with van der Waals surface area (Å²) < 4.78 is 2.50. The van der Waals surface area contributed by atoms with Gasteiger partial charge in [-0.3, -0.25) is 0 Å². The number of rotatable bonds is 3. The molecule has 45 heavy (non-hydrogen) atoms. The lowest BCUT2D eigenvalue weighted by Crippen LogP contribution is -2.37. The van der Waals surface area contributed by atoms with Crippen molar-refractivity contribution in [2.45, 2.75) is 56.6 Å². The zero-order valence-corrected chi connectivity index (χ0v) is 26.5. The maximum atomic E-state index is 5.35. The van der Waals surface area contributed by atoms with E-state index >= 15 is 0 Å². The van der Waals surface area contributed by atoms with Gasteiger partial charge < -0.3 is 9.88 Å². The number of hydrogen-bond donors (Lipinski definition) is 1. The molecular formula is C40H36N4S. The van der Waals surface area contributed by atoms with Crippen LogP contribution in [0.15, 0.2) is 129 Å². The van der Waals surface area contributed by atoms with Crippen molar-refractivity contribution in [1.82, 2.24) is 9.88 Å². The summed E-state index contributed by atoms with van der Waals surface area (Å²) in [5.74, 6) is 2.52. The molecule has 0 spiro atoms. The Labute approximate surface area is 269 Å². The van der Waals surface area contributed by atoms with Crippen LogP contribution in [0.2, 0.25) is 0 Å². The Kier molecular flexibility index (Phi) is 6.21. The monoisotopic (exact) mass is 604 g/mol. The summed E-state index contributed by atoms with van der Waals surface area (Å²) in [6, 6.07) is 30.1. The molecule has 3 aliphatic carbocycles. The number of amidine groups is 2. The Balaban J connectivity index is 1.27. The molecule has 4 aromatic rings. The normalized spacial score (nSPS) is 22.7. The number of hydrogen-bond acceptors (Lipinski definition) is 4. The molecule has 0 fully saturated rings. The maximum absolute atomic E-state index is 5.35. The Morgan fingerprint density at radius 2 is 1.51 bits per heavy atom. The van der Waals surface area contributed by atoms with Crippen molar-refractivity contribution in [2.24, 2.45) is 21.3 Å². The Bertz CT molecular complexity index is 1930. The van der Waals surface area contributed by atoms with Gasteiger partial charge in [0.15, 0.2) is 0 Å². The fraction of sp³-hybridized carbons (Fsp3) is 0.250. The lowest BCUT2D eigenvalue weighted by atomic mass is 9.65. The molecule has 0 amide bonds. The van der Waals surface area contributed by atoms with E-state index in [0.29, 0.717) is 11.8 Å². The summed E-state index contributed by atoms with van der Waals surface area (Å²) >= 11 is 1.98. The van der Waals surface area contributed by atoms with E-state index in [4.69, 9.17) is 9.98 Å². The van der Waals surface area contributed by atoms with Gasteiger partial charge in [0.05, 0.1) is 0 Å². The molecule has 2 aliphatic heterocycles. The highest BCUT2D eigenvalue weighted by Crippen LogP contribution is 2.60. The Morgan fingerprint density at radius 1 is 0.822 bits per heavy atom. The minimum absolute atomic E-state index is 0.0616. The zero-order valence-electron chi connectivity index (χ0n) is 25.7. The van der Waals surface area contributed by atoms with Crippen molar-refractivity contribution >= 4 is 29.5 Å². The third kappa shape index (κ3) is 4.28. The van der Waals surface area contributed by atoms with Gasteiger partial charge in [-0.1, -0.05) is 123 Å². The molecule has 4 nitrogen and oxygen atoms in total. The van der Waals surface area contributed by atoms with E-state index in [-0.39, 0.29) is 11.7 Å². The molecule has 0 saturated carbocycles. The summed E-state index contributed by atoms with van der Waals surface area (Å²) in [7, 11) is 0. The third-order valence-electron chi connectivity index (χ3n) is 10.2. The molecule has 1 N–H and O–H groups in total. The number of aliphatic imine (C=N–C) groups is 2. The van der Waals surface area contributed by atoms with Gasteiger partial charge in [0.2, 0.25) is 6.29 Å². The summed E-state index contributed by atoms with van der Waals surface area (Å²) in [5.41, 5.74) is 11.1. The van der Waals surface area contributed by atoms with Crippen LogP contribution < -0.4 is 5.32 Å². The van der Waals surface area contributed by atoms with Crippen LogP contribution in [0.3, 0.4) is 0 Å². The van der Waals surface area contributed by atoms with E-state index in [9.17, 15) is 0 Å². The quantitative estimate of drug-likeness (QED) is 0.254. The Morgan fingerprint density at radius 3 is 2.24 bits per heavy atom. The predicted molar refractivity (Wildman–Crippen MR) is 186 cm³/mol. The number of thioether (sulfide) groups is 1.